The van der Waals surface area contributed by atoms with Crippen LogP contribution in [0.4, 0.5) is 0 Å². The van der Waals surface area contributed by atoms with Crippen LogP contribution < -0.4 is 40.6 Å². The Morgan fingerprint density at radius 3 is 1.91 bits per heavy atom. The molecule has 2 unspecified atom stereocenters. The van der Waals surface area contributed by atoms with Gasteiger partial charge in [-0.25, -0.2) is 8.42 Å². The van der Waals surface area contributed by atoms with E-state index >= 15 is 0 Å². The zero-order valence-electron chi connectivity index (χ0n) is 6.87. The monoisotopic (exact) mass is 190 g/mol. The number of rotatable bonds is 3. The zero-order valence-corrected chi connectivity index (χ0v) is 9.68. The van der Waals surface area contributed by atoms with E-state index in [0.717, 1.165) is 0 Å². The molecule has 0 spiro atoms. The van der Waals surface area contributed by atoms with Crippen LogP contribution in [0.1, 0.15) is 13.8 Å². The summed E-state index contributed by atoms with van der Waals surface area (Å²) in [4.78, 5) is 0. The molecule has 0 saturated heterocycles. The van der Waals surface area contributed by atoms with Gasteiger partial charge in [0.1, 0.15) is 10.1 Å². The summed E-state index contributed by atoms with van der Waals surface area (Å²) in [7, 11) is -4.24. The van der Waals surface area contributed by atoms with E-state index in [9.17, 15) is 13.0 Å². The maximum atomic E-state index is 10.2. The average Bonchev–Trinajstić information content (AvgIpc) is 1.60. The standard InChI is InChI=1S/C4H12N2O3S.Na/c1-3(5)6-4(2)10(7,8)9;/h3-4,6H,5H2,1-2H3,(H,7,8,9);/q;+1/p-1. The van der Waals surface area contributed by atoms with Crippen LogP contribution in [0, 0.1) is 0 Å². The van der Waals surface area contributed by atoms with Gasteiger partial charge >= 0.3 is 29.6 Å². The molecule has 0 aliphatic heterocycles. The van der Waals surface area contributed by atoms with Crippen LogP contribution in [-0.2, 0) is 10.1 Å². The fourth-order valence-corrected chi connectivity index (χ4v) is 0.835. The van der Waals surface area contributed by atoms with Crippen molar-refractivity contribution in [2.45, 2.75) is 25.4 Å². The molecule has 11 heavy (non-hydrogen) atoms. The third kappa shape index (κ3) is 7.20. The molecule has 0 rings (SSSR count). The van der Waals surface area contributed by atoms with Gasteiger partial charge in [-0.2, -0.15) is 0 Å². The SMILES string of the molecule is CC(N)NC(C)S(=O)(=O)[O-].[Na+]. The summed E-state index contributed by atoms with van der Waals surface area (Å²) in [6.07, 6.45) is -0.487. The summed E-state index contributed by atoms with van der Waals surface area (Å²) < 4.78 is 30.6. The van der Waals surface area contributed by atoms with Crippen LogP contribution in [0.25, 0.3) is 0 Å². The van der Waals surface area contributed by atoms with Crippen LogP contribution in [0.3, 0.4) is 0 Å². The van der Waals surface area contributed by atoms with Gasteiger partial charge in [0.25, 0.3) is 0 Å². The van der Waals surface area contributed by atoms with Crippen molar-refractivity contribution in [1.82, 2.24) is 5.32 Å². The number of hydrogen-bond donors (Lipinski definition) is 2. The van der Waals surface area contributed by atoms with Crippen LogP contribution in [0.15, 0.2) is 0 Å². The topological polar surface area (TPSA) is 95.2 Å². The van der Waals surface area contributed by atoms with E-state index in [1.807, 2.05) is 0 Å². The molecule has 0 aromatic rings. The van der Waals surface area contributed by atoms with Gasteiger partial charge in [-0.1, -0.05) is 0 Å². The summed E-state index contributed by atoms with van der Waals surface area (Å²) in [6, 6.07) is 0. The molecule has 62 valence electrons. The maximum Gasteiger partial charge on any atom is 1.00 e. The molecule has 2 atom stereocenters. The second-order valence-electron chi connectivity index (χ2n) is 2.09. The Kier molecular flexibility index (Phi) is 7.14. The first-order valence-corrected chi connectivity index (χ1v) is 4.27. The van der Waals surface area contributed by atoms with Crippen molar-refractivity contribution in [3.05, 3.63) is 0 Å². The van der Waals surface area contributed by atoms with Gasteiger partial charge in [0, 0.05) is 0 Å². The maximum absolute atomic E-state index is 10.2. The molecule has 3 N–H and O–H groups in total. The smallest absolute Gasteiger partial charge is 0.747 e. The second-order valence-corrected chi connectivity index (χ2v) is 3.78. The van der Waals surface area contributed by atoms with Gasteiger partial charge in [-0.05, 0) is 13.8 Å². The van der Waals surface area contributed by atoms with Crippen molar-refractivity contribution in [2.24, 2.45) is 5.73 Å². The van der Waals surface area contributed by atoms with Crippen molar-refractivity contribution < 1.29 is 42.5 Å². The molecule has 0 radical (unpaired) electrons. The molecular weight excluding hydrogens is 179 g/mol. The van der Waals surface area contributed by atoms with E-state index in [-0.39, 0.29) is 29.6 Å². The van der Waals surface area contributed by atoms with E-state index in [1.165, 1.54) is 6.92 Å². The molecule has 0 aromatic carbocycles. The predicted octanol–water partition coefficient (Wildman–Crippen LogP) is -4.22. The second kappa shape index (κ2) is 5.47. The van der Waals surface area contributed by atoms with Crippen molar-refractivity contribution >= 4 is 10.1 Å². The first-order chi connectivity index (χ1) is 4.34. The molecule has 5 nitrogen and oxygen atoms in total. The molecule has 0 aliphatic carbocycles. The minimum absolute atomic E-state index is 0. The average molecular weight is 190 g/mol. The molecule has 0 aliphatic rings. The normalized spacial score (nSPS) is 16.7. The van der Waals surface area contributed by atoms with Gasteiger partial charge in [-0.15, -0.1) is 0 Å². The number of hydrogen-bond acceptors (Lipinski definition) is 5. The first-order valence-electron chi connectivity index (χ1n) is 2.80. The Balaban J connectivity index is 0. The van der Waals surface area contributed by atoms with Gasteiger partial charge in [0.2, 0.25) is 0 Å². The summed E-state index contributed by atoms with van der Waals surface area (Å²) in [5.74, 6) is 0. The third-order valence-corrected chi connectivity index (χ3v) is 1.93. The summed E-state index contributed by atoms with van der Waals surface area (Å²) in [5, 5.41) is 1.24. The van der Waals surface area contributed by atoms with E-state index in [4.69, 9.17) is 5.73 Å². The fourth-order valence-electron chi connectivity index (χ4n) is 0.454. The van der Waals surface area contributed by atoms with Gasteiger partial charge in [0.05, 0.1) is 11.5 Å². The van der Waals surface area contributed by atoms with Crippen LogP contribution in [-0.4, -0.2) is 24.5 Å². The molecule has 0 aromatic heterocycles. The fraction of sp³-hybridized carbons (Fsp3) is 1.00. The number of nitrogens with two attached hydrogens (primary N) is 1. The minimum atomic E-state index is -4.24. The Labute approximate surface area is 88.8 Å². The van der Waals surface area contributed by atoms with Gasteiger partial charge in [0.15, 0.2) is 0 Å². The quantitative estimate of drug-likeness (QED) is 0.267. The molecule has 0 saturated carbocycles. The molecule has 0 bridgehead atoms. The first kappa shape index (κ1) is 14.4. The Morgan fingerprint density at radius 2 is 1.82 bits per heavy atom. The van der Waals surface area contributed by atoms with E-state index < -0.39 is 21.7 Å². The largest absolute Gasteiger partial charge is 1.00 e. The van der Waals surface area contributed by atoms with Crippen molar-refractivity contribution in [1.29, 1.82) is 0 Å². The Hall–Kier alpha value is 0.830. The van der Waals surface area contributed by atoms with Gasteiger partial charge in [-0.3, -0.25) is 5.32 Å². The molecule has 0 amide bonds. The van der Waals surface area contributed by atoms with E-state index in [0.29, 0.717) is 0 Å². The molecular formula is C4H11N2NaO3S. The predicted molar refractivity (Wildman–Crippen MR) is 35.9 cm³/mol. The summed E-state index contributed by atoms with van der Waals surface area (Å²) in [5.41, 5.74) is 5.18. The summed E-state index contributed by atoms with van der Waals surface area (Å²) in [6.45, 7) is 2.81. The number of nitrogens with one attached hydrogen (secondary N) is 1. The molecule has 7 heteroatoms. The Bertz CT molecular complexity index is 192. The van der Waals surface area contributed by atoms with Crippen LogP contribution >= 0.6 is 0 Å². The summed E-state index contributed by atoms with van der Waals surface area (Å²) >= 11 is 0. The zero-order chi connectivity index (χ0) is 8.36. The van der Waals surface area contributed by atoms with Crippen LogP contribution in [0.5, 0.6) is 0 Å². The van der Waals surface area contributed by atoms with Gasteiger partial charge < -0.3 is 10.3 Å². The van der Waals surface area contributed by atoms with Crippen LogP contribution in [0.2, 0.25) is 0 Å². The van der Waals surface area contributed by atoms with E-state index in [2.05, 4.69) is 5.32 Å². The van der Waals surface area contributed by atoms with E-state index in [1.54, 1.807) is 6.92 Å². The molecule has 0 heterocycles. The Morgan fingerprint density at radius 1 is 1.45 bits per heavy atom. The van der Waals surface area contributed by atoms with Crippen molar-refractivity contribution in [3.63, 3.8) is 0 Å². The van der Waals surface area contributed by atoms with Crippen molar-refractivity contribution in [2.75, 3.05) is 0 Å². The molecule has 0 fully saturated rings. The third-order valence-electron chi connectivity index (χ3n) is 0.931. The minimum Gasteiger partial charge on any atom is -0.747 e. The van der Waals surface area contributed by atoms with Crippen molar-refractivity contribution in [3.8, 4) is 0 Å².